The molecule has 0 aliphatic carbocycles. The maximum atomic E-state index is 5.87. The van der Waals surface area contributed by atoms with Crippen molar-refractivity contribution in [2.45, 2.75) is 12.5 Å². The minimum atomic E-state index is -0.374. The van der Waals surface area contributed by atoms with Crippen molar-refractivity contribution in [3.63, 3.8) is 0 Å². The number of benzene rings is 4. The molecule has 2 N–H and O–H groups in total. The second-order valence-corrected chi connectivity index (χ2v) is 8.21. The van der Waals surface area contributed by atoms with Gasteiger partial charge in [-0.25, -0.2) is 0 Å². The molecule has 1 atom stereocenters. The zero-order valence-corrected chi connectivity index (χ0v) is 18.3. The standard InChI is InChI=1S/C29H26N2O/c1-29(22-14-8-4-9-15-22)20-26(21-12-6-3-7-13-21)25-18-24(19-27(32-2)28(25)31-29)30-23-16-10-5-11-17-23/h3-20,30-31H,1-2H3. The van der Waals surface area contributed by atoms with Crippen molar-refractivity contribution >= 4 is 22.6 Å². The molecule has 1 aliphatic rings. The predicted molar refractivity (Wildman–Crippen MR) is 134 cm³/mol. The second kappa shape index (κ2) is 8.27. The lowest BCUT2D eigenvalue weighted by atomic mass is 9.81. The molecule has 4 aromatic carbocycles. The quantitative estimate of drug-likeness (QED) is 0.359. The van der Waals surface area contributed by atoms with Crippen molar-refractivity contribution in [2.75, 3.05) is 17.7 Å². The molecule has 1 aliphatic heterocycles. The van der Waals surface area contributed by atoms with E-state index in [4.69, 9.17) is 4.74 Å². The van der Waals surface area contributed by atoms with Crippen molar-refractivity contribution < 1.29 is 4.74 Å². The number of anilines is 3. The molecule has 1 heterocycles. The Morgan fingerprint density at radius 1 is 0.750 bits per heavy atom. The molecule has 32 heavy (non-hydrogen) atoms. The zero-order valence-electron chi connectivity index (χ0n) is 18.3. The number of fused-ring (bicyclic) bond motifs is 1. The zero-order chi connectivity index (χ0) is 22.0. The Morgan fingerprint density at radius 3 is 2.03 bits per heavy atom. The number of rotatable bonds is 5. The van der Waals surface area contributed by atoms with E-state index in [1.807, 2.05) is 24.3 Å². The van der Waals surface area contributed by atoms with Crippen LogP contribution in [-0.2, 0) is 5.54 Å². The van der Waals surface area contributed by atoms with Crippen LogP contribution in [0.15, 0.2) is 109 Å². The van der Waals surface area contributed by atoms with Gasteiger partial charge in [0.15, 0.2) is 0 Å². The Bertz CT molecular complexity index is 1250. The Hall–Kier alpha value is -3.98. The first-order valence-electron chi connectivity index (χ1n) is 10.8. The molecule has 0 saturated carbocycles. The Balaban J connectivity index is 1.69. The third kappa shape index (κ3) is 3.74. The van der Waals surface area contributed by atoms with Gasteiger partial charge in [-0.05, 0) is 47.9 Å². The van der Waals surface area contributed by atoms with E-state index in [1.54, 1.807) is 7.11 Å². The number of hydrogen-bond acceptors (Lipinski definition) is 3. The van der Waals surface area contributed by atoms with Crippen LogP contribution in [-0.4, -0.2) is 7.11 Å². The SMILES string of the molecule is COc1cc(Nc2ccccc2)cc2c1NC(C)(c1ccccc1)C=C2c1ccccc1. The fourth-order valence-corrected chi connectivity index (χ4v) is 4.34. The number of ether oxygens (including phenoxy) is 1. The highest BCUT2D eigenvalue weighted by Crippen LogP contribution is 2.47. The molecule has 4 aromatic rings. The lowest BCUT2D eigenvalue weighted by molar-refractivity contribution is 0.415. The van der Waals surface area contributed by atoms with E-state index < -0.39 is 0 Å². The molecule has 3 heteroatoms. The van der Waals surface area contributed by atoms with Gasteiger partial charge < -0.3 is 15.4 Å². The van der Waals surface area contributed by atoms with Crippen LogP contribution in [0.1, 0.15) is 23.6 Å². The lowest BCUT2D eigenvalue weighted by Gasteiger charge is -2.37. The molecule has 0 spiro atoms. The summed E-state index contributed by atoms with van der Waals surface area (Å²) in [7, 11) is 1.73. The van der Waals surface area contributed by atoms with Crippen molar-refractivity contribution in [1.29, 1.82) is 0 Å². The van der Waals surface area contributed by atoms with Gasteiger partial charge in [0.25, 0.3) is 0 Å². The number of methoxy groups -OCH3 is 1. The Labute approximate surface area is 189 Å². The fraction of sp³-hybridized carbons (Fsp3) is 0.103. The van der Waals surface area contributed by atoms with Crippen LogP contribution < -0.4 is 15.4 Å². The van der Waals surface area contributed by atoms with Gasteiger partial charge in [-0.15, -0.1) is 0 Å². The number of nitrogens with one attached hydrogen (secondary N) is 2. The van der Waals surface area contributed by atoms with E-state index in [0.717, 1.165) is 28.4 Å². The molecule has 0 aromatic heterocycles. The smallest absolute Gasteiger partial charge is 0.144 e. The van der Waals surface area contributed by atoms with Gasteiger partial charge in [-0.3, -0.25) is 0 Å². The molecule has 0 amide bonds. The first kappa shape index (κ1) is 20.0. The average Bonchev–Trinajstić information content (AvgIpc) is 2.85. The van der Waals surface area contributed by atoms with Crippen LogP contribution in [0.3, 0.4) is 0 Å². The topological polar surface area (TPSA) is 33.3 Å². The summed E-state index contributed by atoms with van der Waals surface area (Å²) in [6, 6.07) is 35.5. The highest BCUT2D eigenvalue weighted by atomic mass is 16.5. The lowest BCUT2D eigenvalue weighted by Crippen LogP contribution is -2.33. The Kier molecular flexibility index (Phi) is 5.16. The van der Waals surface area contributed by atoms with Crippen molar-refractivity contribution in [3.8, 4) is 5.75 Å². The first-order valence-corrected chi connectivity index (χ1v) is 10.8. The summed E-state index contributed by atoms with van der Waals surface area (Å²) >= 11 is 0. The third-order valence-corrected chi connectivity index (χ3v) is 5.95. The van der Waals surface area contributed by atoms with Gasteiger partial charge in [-0.2, -0.15) is 0 Å². The minimum absolute atomic E-state index is 0.374. The molecule has 0 bridgehead atoms. The largest absolute Gasteiger partial charge is 0.494 e. The van der Waals surface area contributed by atoms with E-state index in [1.165, 1.54) is 16.7 Å². The molecule has 5 rings (SSSR count). The van der Waals surface area contributed by atoms with Crippen LogP contribution in [0, 0.1) is 0 Å². The summed E-state index contributed by atoms with van der Waals surface area (Å²) in [4.78, 5) is 0. The van der Waals surface area contributed by atoms with Crippen LogP contribution in [0.5, 0.6) is 5.75 Å². The molecular weight excluding hydrogens is 392 g/mol. The molecule has 0 radical (unpaired) electrons. The van der Waals surface area contributed by atoms with E-state index >= 15 is 0 Å². The van der Waals surface area contributed by atoms with Gasteiger partial charge in [-0.1, -0.05) is 78.9 Å². The molecule has 0 saturated heterocycles. The Morgan fingerprint density at radius 2 is 1.38 bits per heavy atom. The number of hydrogen-bond donors (Lipinski definition) is 2. The van der Waals surface area contributed by atoms with Gasteiger partial charge in [0.1, 0.15) is 5.75 Å². The monoisotopic (exact) mass is 418 g/mol. The van der Waals surface area contributed by atoms with E-state index in [-0.39, 0.29) is 5.54 Å². The first-order chi connectivity index (χ1) is 15.7. The molecule has 3 nitrogen and oxygen atoms in total. The summed E-state index contributed by atoms with van der Waals surface area (Å²) < 4.78 is 5.87. The van der Waals surface area contributed by atoms with Crippen molar-refractivity contribution in [3.05, 3.63) is 126 Å². The second-order valence-electron chi connectivity index (χ2n) is 8.21. The van der Waals surface area contributed by atoms with Gasteiger partial charge in [0.05, 0.1) is 18.3 Å². The molecule has 158 valence electrons. The molecular formula is C29H26N2O. The van der Waals surface area contributed by atoms with Gasteiger partial charge in [0.2, 0.25) is 0 Å². The summed E-state index contributed by atoms with van der Waals surface area (Å²) in [6.07, 6.45) is 2.33. The summed E-state index contributed by atoms with van der Waals surface area (Å²) in [6.45, 7) is 2.21. The van der Waals surface area contributed by atoms with E-state index in [9.17, 15) is 0 Å². The highest BCUT2D eigenvalue weighted by Gasteiger charge is 2.33. The van der Waals surface area contributed by atoms with Crippen molar-refractivity contribution in [2.24, 2.45) is 0 Å². The number of para-hydroxylation sites is 1. The summed E-state index contributed by atoms with van der Waals surface area (Å²) in [5.41, 5.74) is 7.32. The van der Waals surface area contributed by atoms with Crippen LogP contribution in [0.25, 0.3) is 5.57 Å². The fourth-order valence-electron chi connectivity index (χ4n) is 4.34. The average molecular weight is 419 g/mol. The normalized spacial score (nSPS) is 17.0. The van der Waals surface area contributed by atoms with Crippen molar-refractivity contribution in [1.82, 2.24) is 0 Å². The van der Waals surface area contributed by atoms with Gasteiger partial charge in [0, 0.05) is 23.0 Å². The summed E-state index contributed by atoms with van der Waals surface area (Å²) in [5, 5.41) is 7.29. The molecule has 0 fully saturated rings. The third-order valence-electron chi connectivity index (χ3n) is 5.95. The van der Waals surface area contributed by atoms with Crippen LogP contribution in [0.4, 0.5) is 17.1 Å². The highest BCUT2D eigenvalue weighted by molar-refractivity contribution is 5.94. The maximum absolute atomic E-state index is 5.87. The predicted octanol–water partition coefficient (Wildman–Crippen LogP) is 7.21. The summed E-state index contributed by atoms with van der Waals surface area (Å²) in [5.74, 6) is 0.810. The van der Waals surface area contributed by atoms with E-state index in [2.05, 4.69) is 102 Å². The maximum Gasteiger partial charge on any atom is 0.144 e. The van der Waals surface area contributed by atoms with E-state index in [0.29, 0.717) is 0 Å². The minimum Gasteiger partial charge on any atom is -0.494 e. The van der Waals surface area contributed by atoms with Crippen LogP contribution in [0.2, 0.25) is 0 Å². The van der Waals surface area contributed by atoms with Crippen LogP contribution >= 0.6 is 0 Å². The molecule has 1 unspecified atom stereocenters. The van der Waals surface area contributed by atoms with Gasteiger partial charge >= 0.3 is 0 Å².